The Morgan fingerprint density at radius 2 is 2.00 bits per heavy atom. The molecule has 3 N–H and O–H groups in total. The maximum absolute atomic E-state index is 11.0. The molecule has 0 heterocycles. The van der Waals surface area contributed by atoms with Crippen molar-refractivity contribution in [2.75, 3.05) is 5.73 Å². The van der Waals surface area contributed by atoms with Gasteiger partial charge in [0.2, 0.25) is 0 Å². The number of hydrogen-bond acceptors (Lipinski definition) is 3. The topological polar surface area (TPSA) is 72.5 Å². The molecule has 19 heavy (non-hydrogen) atoms. The number of aromatic carboxylic acids is 1. The third kappa shape index (κ3) is 3.00. The predicted molar refractivity (Wildman–Crippen MR) is 77.0 cm³/mol. The van der Waals surface area contributed by atoms with Crippen molar-refractivity contribution in [2.24, 2.45) is 0 Å². The van der Waals surface area contributed by atoms with Gasteiger partial charge in [-0.25, -0.2) is 4.79 Å². The van der Waals surface area contributed by atoms with Gasteiger partial charge in [0.15, 0.2) is 5.75 Å². The summed E-state index contributed by atoms with van der Waals surface area (Å²) < 4.78 is 6.36. The highest BCUT2D eigenvalue weighted by Crippen LogP contribution is 2.35. The molecule has 98 valence electrons. The van der Waals surface area contributed by atoms with Gasteiger partial charge < -0.3 is 15.6 Å². The summed E-state index contributed by atoms with van der Waals surface area (Å²) in [5, 5.41) is 9.38. The third-order valence-electron chi connectivity index (χ3n) is 2.41. The molecule has 2 aromatic rings. The second-order valence-corrected chi connectivity index (χ2v) is 5.02. The van der Waals surface area contributed by atoms with E-state index in [1.165, 1.54) is 6.07 Å². The van der Waals surface area contributed by atoms with E-state index >= 15 is 0 Å². The Bertz CT molecular complexity index is 646. The summed E-state index contributed by atoms with van der Waals surface area (Å²) in [6.45, 7) is 0. The van der Waals surface area contributed by atoms with Gasteiger partial charge in [0, 0.05) is 4.47 Å². The molecule has 0 saturated heterocycles. The fourth-order valence-electron chi connectivity index (χ4n) is 1.50. The summed E-state index contributed by atoms with van der Waals surface area (Å²) in [6.07, 6.45) is 0. The minimum absolute atomic E-state index is 0.00858. The van der Waals surface area contributed by atoms with E-state index in [0.717, 1.165) is 4.47 Å². The molecule has 0 spiro atoms. The molecule has 4 nitrogen and oxygen atoms in total. The lowest BCUT2D eigenvalue weighted by molar-refractivity contribution is 0.0698. The van der Waals surface area contributed by atoms with Crippen LogP contribution in [-0.4, -0.2) is 11.1 Å². The summed E-state index contributed by atoms with van der Waals surface area (Å²) in [5.74, 6) is -0.451. The van der Waals surface area contributed by atoms with Gasteiger partial charge in [-0.15, -0.1) is 0 Å². The summed E-state index contributed by atoms with van der Waals surface area (Å²) in [7, 11) is 0. The van der Waals surface area contributed by atoms with Gasteiger partial charge in [0.1, 0.15) is 5.75 Å². The van der Waals surface area contributed by atoms with Crippen molar-refractivity contribution in [1.29, 1.82) is 0 Å². The number of halogens is 2. The number of hydrogen-bond donors (Lipinski definition) is 2. The molecule has 0 fully saturated rings. The second-order valence-electron chi connectivity index (χ2n) is 3.70. The largest absolute Gasteiger partial charge is 0.478 e. The van der Waals surface area contributed by atoms with Crippen molar-refractivity contribution in [3.8, 4) is 11.5 Å². The van der Waals surface area contributed by atoms with E-state index in [2.05, 4.69) is 15.9 Å². The van der Waals surface area contributed by atoms with E-state index in [4.69, 9.17) is 27.2 Å². The molecule has 0 aliphatic heterocycles. The Morgan fingerprint density at radius 1 is 1.26 bits per heavy atom. The molecule has 0 aliphatic rings. The number of nitrogen functional groups attached to an aromatic ring is 1. The van der Waals surface area contributed by atoms with Crippen LogP contribution in [0.2, 0.25) is 5.02 Å². The highest BCUT2D eigenvalue weighted by Gasteiger charge is 2.13. The van der Waals surface area contributed by atoms with Crippen LogP contribution in [0.25, 0.3) is 0 Å². The van der Waals surface area contributed by atoms with Gasteiger partial charge in [0.05, 0.1) is 16.3 Å². The summed E-state index contributed by atoms with van der Waals surface area (Å²) in [6, 6.07) is 9.65. The number of rotatable bonds is 3. The maximum Gasteiger partial charge on any atom is 0.337 e. The van der Waals surface area contributed by atoms with Gasteiger partial charge in [-0.2, -0.15) is 0 Å². The van der Waals surface area contributed by atoms with Gasteiger partial charge >= 0.3 is 5.97 Å². The van der Waals surface area contributed by atoms with Crippen LogP contribution in [0.1, 0.15) is 10.4 Å². The van der Waals surface area contributed by atoms with Crippen molar-refractivity contribution in [3.05, 3.63) is 51.5 Å². The number of para-hydroxylation sites is 1. The SMILES string of the molecule is Nc1c(Oc2ccc(Br)cc2Cl)cccc1C(=O)O. The molecule has 0 amide bonds. The first kappa shape index (κ1) is 13.7. The van der Waals surface area contributed by atoms with Crippen molar-refractivity contribution >= 4 is 39.2 Å². The number of carboxylic acids is 1. The molecule has 2 rings (SSSR count). The number of carbonyl (C=O) groups is 1. The summed E-state index contributed by atoms with van der Waals surface area (Å²) in [5.41, 5.74) is 5.81. The number of ether oxygens (including phenoxy) is 1. The predicted octanol–water partition coefficient (Wildman–Crippen LogP) is 4.18. The average Bonchev–Trinajstić information content (AvgIpc) is 2.34. The first-order chi connectivity index (χ1) is 8.99. The van der Waals surface area contributed by atoms with Crippen molar-refractivity contribution in [1.82, 2.24) is 0 Å². The number of anilines is 1. The van der Waals surface area contributed by atoms with Gasteiger partial charge in [-0.05, 0) is 30.3 Å². The summed E-state index contributed by atoms with van der Waals surface area (Å²) >= 11 is 9.31. The molecule has 0 unspecified atom stereocenters. The Hall–Kier alpha value is -1.72. The summed E-state index contributed by atoms with van der Waals surface area (Å²) in [4.78, 5) is 11.0. The first-order valence-electron chi connectivity index (χ1n) is 5.23. The van der Waals surface area contributed by atoms with Crippen molar-refractivity contribution in [2.45, 2.75) is 0 Å². The fourth-order valence-corrected chi connectivity index (χ4v) is 2.21. The van der Waals surface area contributed by atoms with Crippen LogP contribution < -0.4 is 10.5 Å². The van der Waals surface area contributed by atoms with Gasteiger partial charge in [-0.3, -0.25) is 0 Å². The Balaban J connectivity index is 2.38. The quantitative estimate of drug-likeness (QED) is 0.821. The molecule has 6 heteroatoms. The lowest BCUT2D eigenvalue weighted by atomic mass is 10.1. The molecule has 0 radical (unpaired) electrons. The first-order valence-corrected chi connectivity index (χ1v) is 6.41. The van der Waals surface area contributed by atoms with Crippen LogP contribution in [0.5, 0.6) is 11.5 Å². The minimum atomic E-state index is -1.11. The van der Waals surface area contributed by atoms with Crippen LogP contribution in [0.3, 0.4) is 0 Å². The van der Waals surface area contributed by atoms with E-state index in [-0.39, 0.29) is 17.0 Å². The second kappa shape index (κ2) is 5.50. The van der Waals surface area contributed by atoms with E-state index in [9.17, 15) is 4.79 Å². The lowest BCUT2D eigenvalue weighted by Crippen LogP contribution is -2.03. The maximum atomic E-state index is 11.0. The molecular weight excluding hydrogens is 334 g/mol. The van der Waals surface area contributed by atoms with Gasteiger partial charge in [-0.1, -0.05) is 33.6 Å². The van der Waals surface area contributed by atoms with E-state index in [1.54, 1.807) is 30.3 Å². The lowest BCUT2D eigenvalue weighted by Gasteiger charge is -2.11. The number of benzene rings is 2. The zero-order valence-electron chi connectivity index (χ0n) is 9.56. The fraction of sp³-hybridized carbons (Fsp3) is 0. The normalized spacial score (nSPS) is 10.2. The highest BCUT2D eigenvalue weighted by atomic mass is 79.9. The molecular formula is C13H9BrClNO3. The van der Waals surface area contributed by atoms with Crippen LogP contribution in [0, 0.1) is 0 Å². The molecule has 0 bridgehead atoms. The van der Waals surface area contributed by atoms with Crippen LogP contribution in [0.4, 0.5) is 5.69 Å². The van der Waals surface area contributed by atoms with Crippen LogP contribution >= 0.6 is 27.5 Å². The molecule has 0 aromatic heterocycles. The van der Waals surface area contributed by atoms with E-state index < -0.39 is 5.97 Å². The van der Waals surface area contributed by atoms with Crippen molar-refractivity contribution in [3.63, 3.8) is 0 Å². The molecule has 0 atom stereocenters. The van der Waals surface area contributed by atoms with Crippen LogP contribution in [-0.2, 0) is 0 Å². The number of carboxylic acid groups (broad SMARTS) is 1. The highest BCUT2D eigenvalue weighted by molar-refractivity contribution is 9.10. The monoisotopic (exact) mass is 341 g/mol. The van der Waals surface area contributed by atoms with E-state index in [0.29, 0.717) is 10.8 Å². The Labute approximate surface area is 122 Å². The smallest absolute Gasteiger partial charge is 0.337 e. The zero-order valence-corrected chi connectivity index (χ0v) is 11.9. The standard InChI is InChI=1S/C13H9BrClNO3/c14-7-4-5-10(9(15)6-7)19-11-3-1-2-8(12(11)16)13(17)18/h1-6H,16H2,(H,17,18). The van der Waals surface area contributed by atoms with Crippen molar-refractivity contribution < 1.29 is 14.6 Å². The third-order valence-corrected chi connectivity index (χ3v) is 3.20. The molecule has 2 aromatic carbocycles. The molecule has 0 saturated carbocycles. The molecule has 0 aliphatic carbocycles. The Morgan fingerprint density at radius 3 is 2.63 bits per heavy atom. The zero-order chi connectivity index (χ0) is 14.0. The minimum Gasteiger partial charge on any atom is -0.478 e. The number of nitrogens with two attached hydrogens (primary N) is 1. The van der Waals surface area contributed by atoms with E-state index in [1.807, 2.05) is 0 Å². The Kier molecular flexibility index (Phi) is 3.97. The van der Waals surface area contributed by atoms with Crippen LogP contribution in [0.15, 0.2) is 40.9 Å². The average molecular weight is 343 g/mol. The van der Waals surface area contributed by atoms with Gasteiger partial charge in [0.25, 0.3) is 0 Å².